The van der Waals surface area contributed by atoms with Gasteiger partial charge in [0, 0.05) is 19.0 Å². The normalized spacial score (nSPS) is 37.7. The van der Waals surface area contributed by atoms with Gasteiger partial charge in [-0.05, 0) is 41.7 Å². The van der Waals surface area contributed by atoms with Gasteiger partial charge in [0.2, 0.25) is 0 Å². The van der Waals surface area contributed by atoms with E-state index in [2.05, 4.69) is 29.6 Å². The van der Waals surface area contributed by atoms with Crippen molar-refractivity contribution in [2.24, 2.45) is 5.92 Å². The van der Waals surface area contributed by atoms with Crippen LogP contribution in [-0.4, -0.2) is 13.1 Å². The van der Waals surface area contributed by atoms with Gasteiger partial charge in [-0.2, -0.15) is 0 Å². The Bertz CT molecular complexity index is 371. The van der Waals surface area contributed by atoms with Gasteiger partial charge in [0.1, 0.15) is 0 Å². The SMILES string of the molecule is c1cc(C23CC(C2)C3)ccc1C1CNC1. The predicted molar refractivity (Wildman–Crippen MR) is 61.1 cm³/mol. The Morgan fingerprint density at radius 1 is 1.00 bits per heavy atom. The number of benzene rings is 1. The van der Waals surface area contributed by atoms with E-state index in [-0.39, 0.29) is 0 Å². The van der Waals surface area contributed by atoms with Crippen molar-refractivity contribution in [3.8, 4) is 0 Å². The highest BCUT2D eigenvalue weighted by atomic mass is 14.9. The summed E-state index contributed by atoms with van der Waals surface area (Å²) in [6.45, 7) is 2.35. The highest BCUT2D eigenvalue weighted by Gasteiger charge is 2.57. The van der Waals surface area contributed by atoms with Crippen LogP contribution in [0.2, 0.25) is 0 Å². The Morgan fingerprint density at radius 3 is 2.07 bits per heavy atom. The van der Waals surface area contributed by atoms with Gasteiger partial charge in [0.25, 0.3) is 0 Å². The van der Waals surface area contributed by atoms with Crippen molar-refractivity contribution in [1.29, 1.82) is 0 Å². The summed E-state index contributed by atoms with van der Waals surface area (Å²) in [5.41, 5.74) is 3.78. The minimum atomic E-state index is 0.640. The highest BCUT2D eigenvalue weighted by Crippen LogP contribution is 2.65. The molecule has 1 saturated heterocycles. The molecule has 1 aliphatic heterocycles. The Balaban J connectivity index is 1.60. The van der Waals surface area contributed by atoms with Crippen molar-refractivity contribution in [2.45, 2.75) is 30.6 Å². The molecule has 0 aromatic heterocycles. The predicted octanol–water partition coefficient (Wildman–Crippen LogP) is 2.42. The number of rotatable bonds is 2. The highest BCUT2D eigenvalue weighted by molar-refractivity contribution is 5.37. The Morgan fingerprint density at radius 2 is 1.67 bits per heavy atom. The summed E-state index contributed by atoms with van der Waals surface area (Å²) in [5, 5.41) is 3.33. The third-order valence-electron chi connectivity index (χ3n) is 4.81. The summed E-state index contributed by atoms with van der Waals surface area (Å²) in [5.74, 6) is 1.87. The summed E-state index contributed by atoms with van der Waals surface area (Å²) in [6, 6.07) is 9.51. The molecule has 2 bridgehead atoms. The van der Waals surface area contributed by atoms with Crippen LogP contribution >= 0.6 is 0 Å². The molecular weight excluding hydrogens is 182 g/mol. The molecule has 4 fully saturated rings. The number of hydrogen-bond donors (Lipinski definition) is 1. The van der Waals surface area contributed by atoms with Crippen LogP contribution < -0.4 is 5.32 Å². The summed E-state index contributed by atoms with van der Waals surface area (Å²) in [6.07, 6.45) is 4.41. The van der Waals surface area contributed by atoms with Crippen molar-refractivity contribution in [1.82, 2.24) is 5.32 Å². The maximum Gasteiger partial charge on any atom is 0.00885 e. The summed E-state index contributed by atoms with van der Waals surface area (Å²) < 4.78 is 0. The molecule has 1 aromatic carbocycles. The minimum absolute atomic E-state index is 0.640. The molecule has 0 amide bonds. The summed E-state index contributed by atoms with van der Waals surface area (Å²) in [7, 11) is 0. The quantitative estimate of drug-likeness (QED) is 0.771. The van der Waals surface area contributed by atoms with E-state index >= 15 is 0 Å². The zero-order chi connectivity index (χ0) is 9.88. The van der Waals surface area contributed by atoms with E-state index in [4.69, 9.17) is 0 Å². The molecule has 0 spiro atoms. The molecule has 78 valence electrons. The lowest BCUT2D eigenvalue weighted by Crippen LogP contribution is -2.55. The van der Waals surface area contributed by atoms with Gasteiger partial charge in [0.05, 0.1) is 0 Å². The van der Waals surface area contributed by atoms with E-state index in [1.165, 1.54) is 37.9 Å². The topological polar surface area (TPSA) is 12.0 Å². The van der Waals surface area contributed by atoms with Crippen molar-refractivity contribution < 1.29 is 0 Å². The molecule has 1 nitrogen and oxygen atoms in total. The van der Waals surface area contributed by atoms with Crippen LogP contribution in [0.4, 0.5) is 0 Å². The number of hydrogen-bond acceptors (Lipinski definition) is 1. The van der Waals surface area contributed by atoms with Gasteiger partial charge in [-0.1, -0.05) is 24.3 Å². The van der Waals surface area contributed by atoms with Gasteiger partial charge in [-0.25, -0.2) is 0 Å². The Kier molecular flexibility index (Phi) is 1.47. The van der Waals surface area contributed by atoms with E-state index in [9.17, 15) is 0 Å². The van der Waals surface area contributed by atoms with Gasteiger partial charge in [0.15, 0.2) is 0 Å². The van der Waals surface area contributed by atoms with E-state index in [1.54, 1.807) is 5.56 Å². The Labute approximate surface area is 90.9 Å². The van der Waals surface area contributed by atoms with Crippen LogP contribution in [0.25, 0.3) is 0 Å². The molecule has 3 aliphatic carbocycles. The maximum absolute atomic E-state index is 3.33. The maximum atomic E-state index is 3.33. The van der Waals surface area contributed by atoms with Crippen LogP contribution in [0, 0.1) is 5.92 Å². The molecule has 0 unspecified atom stereocenters. The Hall–Kier alpha value is -0.820. The lowest BCUT2D eigenvalue weighted by atomic mass is 9.42. The van der Waals surface area contributed by atoms with Crippen molar-refractivity contribution in [3.63, 3.8) is 0 Å². The zero-order valence-electron chi connectivity index (χ0n) is 9.00. The van der Waals surface area contributed by atoms with Crippen LogP contribution in [0.15, 0.2) is 24.3 Å². The fourth-order valence-corrected chi connectivity index (χ4v) is 3.47. The van der Waals surface area contributed by atoms with Crippen molar-refractivity contribution in [2.75, 3.05) is 13.1 Å². The zero-order valence-corrected chi connectivity index (χ0v) is 9.00. The monoisotopic (exact) mass is 199 g/mol. The molecular formula is C14H17N. The van der Waals surface area contributed by atoms with E-state index < -0.39 is 0 Å². The van der Waals surface area contributed by atoms with Crippen LogP contribution in [0.1, 0.15) is 36.3 Å². The molecule has 0 atom stereocenters. The third-order valence-corrected chi connectivity index (χ3v) is 4.81. The van der Waals surface area contributed by atoms with E-state index in [1.807, 2.05) is 0 Å². The van der Waals surface area contributed by atoms with Gasteiger partial charge in [-0.15, -0.1) is 0 Å². The van der Waals surface area contributed by atoms with Crippen LogP contribution in [0.5, 0.6) is 0 Å². The molecule has 1 heteroatoms. The first kappa shape index (κ1) is 8.35. The molecule has 1 aromatic rings. The first-order valence-electron chi connectivity index (χ1n) is 6.17. The van der Waals surface area contributed by atoms with Crippen LogP contribution in [-0.2, 0) is 5.41 Å². The largest absolute Gasteiger partial charge is 0.315 e. The second kappa shape index (κ2) is 2.65. The molecule has 4 aliphatic rings. The number of nitrogens with one attached hydrogen (secondary N) is 1. The van der Waals surface area contributed by atoms with Crippen molar-refractivity contribution in [3.05, 3.63) is 35.4 Å². The molecule has 3 saturated carbocycles. The summed E-state index contributed by atoms with van der Waals surface area (Å²) >= 11 is 0. The first-order valence-corrected chi connectivity index (χ1v) is 6.17. The molecule has 1 heterocycles. The van der Waals surface area contributed by atoms with Gasteiger partial charge >= 0.3 is 0 Å². The lowest BCUT2D eigenvalue weighted by Gasteiger charge is -2.62. The first-order chi connectivity index (χ1) is 7.36. The van der Waals surface area contributed by atoms with E-state index in [0.717, 1.165) is 11.8 Å². The average molecular weight is 199 g/mol. The van der Waals surface area contributed by atoms with Gasteiger partial charge < -0.3 is 5.32 Å². The molecule has 5 rings (SSSR count). The summed E-state index contributed by atoms with van der Waals surface area (Å²) in [4.78, 5) is 0. The smallest absolute Gasteiger partial charge is 0.00885 e. The van der Waals surface area contributed by atoms with Crippen LogP contribution in [0.3, 0.4) is 0 Å². The molecule has 15 heavy (non-hydrogen) atoms. The second-order valence-electron chi connectivity index (χ2n) is 5.74. The fourth-order valence-electron chi connectivity index (χ4n) is 3.47. The lowest BCUT2D eigenvalue weighted by molar-refractivity contribution is -0.0274. The fraction of sp³-hybridized carbons (Fsp3) is 0.571. The van der Waals surface area contributed by atoms with E-state index in [0.29, 0.717) is 5.41 Å². The van der Waals surface area contributed by atoms with Crippen molar-refractivity contribution >= 4 is 0 Å². The third kappa shape index (κ3) is 1.02. The standard InChI is InChI=1S/C14H17N/c1-3-13(14-5-10(6-14)7-14)4-2-11(1)12-8-15-9-12/h1-4,10,12,15H,5-9H2. The average Bonchev–Trinajstić information content (AvgIpc) is 1.99. The minimum Gasteiger partial charge on any atom is -0.315 e. The molecule has 0 radical (unpaired) electrons. The molecule has 1 N–H and O–H groups in total. The second-order valence-corrected chi connectivity index (χ2v) is 5.74. The van der Waals surface area contributed by atoms with Gasteiger partial charge in [-0.3, -0.25) is 0 Å².